The second-order valence-corrected chi connectivity index (χ2v) is 9.47. The van der Waals surface area contributed by atoms with E-state index in [1.165, 1.54) is 12.3 Å². The maximum Gasteiger partial charge on any atom is 0.246 e. The number of rotatable bonds is 4. The number of carbonyl (C=O) groups excluding carboxylic acids is 1. The molecule has 4 aliphatic rings. The SMILES string of the molecule is N#Cc1ccc2c(cnn2CC2CC(C(=O)N3N=CCC3c3cncc(F)c3)C3CC2C3)c1. The number of hydrogen-bond acceptors (Lipinski definition) is 5. The van der Waals surface area contributed by atoms with E-state index in [0.717, 1.165) is 36.7 Å². The molecule has 0 saturated heterocycles. The number of nitriles is 1. The van der Waals surface area contributed by atoms with Gasteiger partial charge in [0.05, 0.1) is 35.6 Å². The van der Waals surface area contributed by atoms with Crippen LogP contribution in [0.1, 0.15) is 42.9 Å². The van der Waals surface area contributed by atoms with Crippen LogP contribution in [0.5, 0.6) is 0 Å². The molecule has 7 rings (SSSR count). The van der Waals surface area contributed by atoms with Crippen LogP contribution in [0.4, 0.5) is 4.39 Å². The van der Waals surface area contributed by atoms with Gasteiger partial charge in [0.2, 0.25) is 5.91 Å². The molecule has 0 N–H and O–H groups in total. The number of nitrogens with zero attached hydrogens (tertiary/aromatic N) is 6. The zero-order chi connectivity index (χ0) is 22.5. The Bertz CT molecular complexity index is 1300. The van der Waals surface area contributed by atoms with E-state index in [9.17, 15) is 9.18 Å². The minimum absolute atomic E-state index is 0.0372. The van der Waals surface area contributed by atoms with Crippen LogP contribution in [-0.2, 0) is 11.3 Å². The molecule has 0 spiro atoms. The van der Waals surface area contributed by atoms with Crippen molar-refractivity contribution < 1.29 is 9.18 Å². The number of benzene rings is 1. The summed E-state index contributed by atoms with van der Waals surface area (Å²) >= 11 is 0. The van der Waals surface area contributed by atoms with Crippen LogP contribution >= 0.6 is 0 Å². The number of fused-ring (bicyclic) bond motifs is 3. The largest absolute Gasteiger partial charge is 0.273 e. The summed E-state index contributed by atoms with van der Waals surface area (Å²) < 4.78 is 15.7. The molecule has 1 aromatic carbocycles. The number of aromatic nitrogens is 3. The first-order chi connectivity index (χ1) is 16.1. The van der Waals surface area contributed by atoms with Crippen molar-refractivity contribution in [2.75, 3.05) is 0 Å². The first-order valence-electron chi connectivity index (χ1n) is 11.4. The predicted molar refractivity (Wildman–Crippen MR) is 119 cm³/mol. The van der Waals surface area contributed by atoms with Crippen molar-refractivity contribution in [2.24, 2.45) is 28.8 Å². The lowest BCUT2D eigenvalue weighted by molar-refractivity contribution is -0.147. The summed E-state index contributed by atoms with van der Waals surface area (Å²) in [5.74, 6) is 0.931. The quantitative estimate of drug-likeness (QED) is 0.610. The zero-order valence-corrected chi connectivity index (χ0v) is 18.0. The van der Waals surface area contributed by atoms with Gasteiger partial charge in [-0.2, -0.15) is 15.5 Å². The highest BCUT2D eigenvalue weighted by molar-refractivity contribution is 5.83. The molecule has 2 aromatic heterocycles. The van der Waals surface area contributed by atoms with Crippen molar-refractivity contribution in [1.82, 2.24) is 19.8 Å². The smallest absolute Gasteiger partial charge is 0.246 e. The third-order valence-electron chi connectivity index (χ3n) is 7.67. The zero-order valence-electron chi connectivity index (χ0n) is 18.0. The topological polar surface area (TPSA) is 87.2 Å². The van der Waals surface area contributed by atoms with Crippen LogP contribution in [0.15, 0.2) is 48.0 Å². The second-order valence-electron chi connectivity index (χ2n) is 9.47. The Balaban J connectivity index is 1.21. The summed E-state index contributed by atoms with van der Waals surface area (Å²) in [7, 11) is 0. The maximum absolute atomic E-state index is 13.7. The van der Waals surface area contributed by atoms with E-state index in [4.69, 9.17) is 5.26 Å². The second kappa shape index (κ2) is 7.77. The first kappa shape index (κ1) is 20.0. The summed E-state index contributed by atoms with van der Waals surface area (Å²) in [5, 5.41) is 20.6. The standard InChI is InChI=1S/C25H23FN6O/c26-21-8-19(11-28-13-21)24-3-4-29-32(24)25(33)22-9-20(16-6-17(22)7-16)14-31-23-2-1-15(10-27)5-18(23)12-30-31/h1-2,4-5,8,11-13,16-17,20,22,24H,3,6-7,9,14H2. The van der Waals surface area contributed by atoms with Gasteiger partial charge >= 0.3 is 0 Å². The van der Waals surface area contributed by atoms with Crippen molar-refractivity contribution in [3.05, 3.63) is 59.8 Å². The number of hydrazone groups is 1. The van der Waals surface area contributed by atoms with Gasteiger partial charge in [-0.15, -0.1) is 0 Å². The lowest BCUT2D eigenvalue weighted by Gasteiger charge is -2.51. The van der Waals surface area contributed by atoms with Crippen molar-refractivity contribution in [3.63, 3.8) is 0 Å². The van der Waals surface area contributed by atoms with Crippen LogP contribution in [0.3, 0.4) is 0 Å². The van der Waals surface area contributed by atoms with Gasteiger partial charge < -0.3 is 0 Å². The fraction of sp³-hybridized carbons (Fsp3) is 0.400. The van der Waals surface area contributed by atoms with Crippen molar-refractivity contribution in [2.45, 2.75) is 38.3 Å². The molecule has 3 unspecified atom stereocenters. The van der Waals surface area contributed by atoms with Crippen LogP contribution < -0.4 is 0 Å². The Kier molecular flexibility index (Phi) is 4.72. The van der Waals surface area contributed by atoms with E-state index in [1.54, 1.807) is 17.4 Å². The van der Waals surface area contributed by atoms with Gasteiger partial charge in [-0.25, -0.2) is 9.40 Å². The van der Waals surface area contributed by atoms with Crippen molar-refractivity contribution in [1.29, 1.82) is 5.26 Å². The fourth-order valence-corrected chi connectivity index (χ4v) is 5.87. The minimum atomic E-state index is -0.403. The van der Waals surface area contributed by atoms with Gasteiger partial charge in [0.15, 0.2) is 0 Å². The lowest BCUT2D eigenvalue weighted by atomic mass is 9.55. The summed E-state index contributed by atoms with van der Waals surface area (Å²) in [6.07, 6.45) is 9.84. The van der Waals surface area contributed by atoms with Crippen LogP contribution in [0, 0.1) is 40.8 Å². The molecule has 1 amide bonds. The molecule has 33 heavy (non-hydrogen) atoms. The van der Waals surface area contributed by atoms with Gasteiger partial charge in [-0.3, -0.25) is 14.5 Å². The summed E-state index contributed by atoms with van der Waals surface area (Å²) in [5.41, 5.74) is 2.32. The van der Waals surface area contributed by atoms with E-state index >= 15 is 0 Å². The highest BCUT2D eigenvalue weighted by Crippen LogP contribution is 2.53. The fourth-order valence-electron chi connectivity index (χ4n) is 5.87. The van der Waals surface area contributed by atoms with Gasteiger partial charge in [-0.05, 0) is 66.8 Å². The molecule has 3 saturated carbocycles. The Labute approximate surface area is 190 Å². The highest BCUT2D eigenvalue weighted by Gasteiger charge is 2.50. The number of halogens is 1. The normalized spacial score (nSPS) is 28.0. The number of hydrogen-bond donors (Lipinski definition) is 0. The van der Waals surface area contributed by atoms with Gasteiger partial charge in [0.1, 0.15) is 5.82 Å². The highest BCUT2D eigenvalue weighted by atomic mass is 19.1. The van der Waals surface area contributed by atoms with Crippen LogP contribution in [-0.4, -0.2) is 31.9 Å². The first-order valence-corrected chi connectivity index (χ1v) is 11.4. The third kappa shape index (κ3) is 3.39. The van der Waals surface area contributed by atoms with Crippen LogP contribution in [0.25, 0.3) is 10.9 Å². The van der Waals surface area contributed by atoms with Crippen molar-refractivity contribution in [3.8, 4) is 6.07 Å². The summed E-state index contributed by atoms with van der Waals surface area (Å²) in [6, 6.07) is 8.95. The molecule has 3 atom stereocenters. The number of carbonyl (C=O) groups is 1. The average molecular weight is 442 g/mol. The summed E-state index contributed by atoms with van der Waals surface area (Å²) in [4.78, 5) is 17.5. The molecule has 166 valence electrons. The molecule has 3 fully saturated rings. The third-order valence-corrected chi connectivity index (χ3v) is 7.67. The van der Waals surface area contributed by atoms with E-state index < -0.39 is 5.82 Å². The van der Waals surface area contributed by atoms with Gasteiger partial charge in [0, 0.05) is 36.7 Å². The van der Waals surface area contributed by atoms with Crippen molar-refractivity contribution >= 4 is 23.0 Å². The molecule has 3 aliphatic carbocycles. The Morgan fingerprint density at radius 1 is 1.15 bits per heavy atom. The van der Waals surface area contributed by atoms with E-state index in [0.29, 0.717) is 35.3 Å². The van der Waals surface area contributed by atoms with Crippen LogP contribution in [0.2, 0.25) is 0 Å². The van der Waals surface area contributed by atoms with Gasteiger partial charge in [-0.1, -0.05) is 0 Å². The molecule has 7 nitrogen and oxygen atoms in total. The number of pyridine rings is 1. The number of amides is 1. The Morgan fingerprint density at radius 2 is 2.03 bits per heavy atom. The molecular formula is C25H23FN6O. The molecule has 3 heterocycles. The van der Waals surface area contributed by atoms with Gasteiger partial charge in [0.25, 0.3) is 0 Å². The Morgan fingerprint density at radius 3 is 2.85 bits per heavy atom. The van der Waals surface area contributed by atoms with E-state index in [1.807, 2.05) is 29.1 Å². The molecule has 3 aromatic rings. The summed E-state index contributed by atoms with van der Waals surface area (Å²) in [6.45, 7) is 0.761. The minimum Gasteiger partial charge on any atom is -0.273 e. The monoisotopic (exact) mass is 442 g/mol. The maximum atomic E-state index is 13.7. The molecule has 2 bridgehead atoms. The Hall–Kier alpha value is -3.60. The molecule has 8 heteroatoms. The lowest BCUT2D eigenvalue weighted by Crippen LogP contribution is -2.49. The average Bonchev–Trinajstić information content (AvgIpc) is 3.45. The van der Waals surface area contributed by atoms with E-state index in [2.05, 4.69) is 21.3 Å². The molecule has 0 radical (unpaired) electrons. The molecule has 1 aliphatic heterocycles. The van der Waals surface area contributed by atoms with E-state index in [-0.39, 0.29) is 17.9 Å². The molecular weight excluding hydrogens is 419 g/mol. The predicted octanol–water partition coefficient (Wildman–Crippen LogP) is 4.06.